The zero-order chi connectivity index (χ0) is 19.2. The molecule has 138 valence electrons. The van der Waals surface area contributed by atoms with E-state index in [1.165, 1.54) is 0 Å². The van der Waals surface area contributed by atoms with Crippen molar-refractivity contribution in [3.63, 3.8) is 0 Å². The molecule has 0 heterocycles. The number of hydrogen-bond acceptors (Lipinski definition) is 4. The van der Waals surface area contributed by atoms with Crippen molar-refractivity contribution in [1.82, 2.24) is 5.32 Å². The van der Waals surface area contributed by atoms with Gasteiger partial charge in [-0.2, -0.15) is 0 Å². The van der Waals surface area contributed by atoms with E-state index in [0.29, 0.717) is 17.0 Å². The molecule has 1 unspecified atom stereocenters. The van der Waals surface area contributed by atoms with Gasteiger partial charge in [-0.15, -0.1) is 0 Å². The molecule has 0 aliphatic carbocycles. The molecule has 0 bridgehead atoms. The summed E-state index contributed by atoms with van der Waals surface area (Å²) in [5.41, 5.74) is 1.18. The lowest BCUT2D eigenvalue weighted by Gasteiger charge is -2.14. The number of amides is 2. The van der Waals surface area contributed by atoms with Crippen LogP contribution in [0.1, 0.15) is 11.7 Å². The van der Waals surface area contributed by atoms with Crippen LogP contribution in [0.15, 0.2) is 66.7 Å². The molecule has 0 fully saturated rings. The minimum absolute atomic E-state index is 0.0666. The number of benzene rings is 3. The number of rotatable bonds is 5. The van der Waals surface area contributed by atoms with Gasteiger partial charge >= 0.3 is 11.8 Å². The second-order valence-corrected chi connectivity index (χ2v) is 5.98. The second kappa shape index (κ2) is 8.33. The molecule has 0 aliphatic rings. The third kappa shape index (κ3) is 4.43. The maximum atomic E-state index is 12.0. The van der Waals surface area contributed by atoms with Crippen molar-refractivity contribution in [2.45, 2.75) is 6.10 Å². The SMILES string of the molecule is COc1ccc(NC(=O)C(=O)NCC(O)c2cccc3ccccc23)cc1. The first-order chi connectivity index (χ1) is 13.1. The number of nitrogens with one attached hydrogen (secondary N) is 2. The van der Waals surface area contributed by atoms with Gasteiger partial charge in [0.15, 0.2) is 0 Å². The zero-order valence-corrected chi connectivity index (χ0v) is 14.8. The van der Waals surface area contributed by atoms with Gasteiger partial charge in [-0.1, -0.05) is 42.5 Å². The third-order valence-corrected chi connectivity index (χ3v) is 4.19. The number of carbonyl (C=O) groups excluding carboxylic acids is 2. The smallest absolute Gasteiger partial charge is 0.313 e. The molecule has 3 aromatic carbocycles. The number of ether oxygens (including phenoxy) is 1. The van der Waals surface area contributed by atoms with Crippen LogP contribution in [0.25, 0.3) is 10.8 Å². The highest BCUT2D eigenvalue weighted by Crippen LogP contribution is 2.23. The maximum Gasteiger partial charge on any atom is 0.313 e. The summed E-state index contributed by atoms with van der Waals surface area (Å²) in [6.45, 7) is -0.0666. The summed E-state index contributed by atoms with van der Waals surface area (Å²) < 4.78 is 5.04. The van der Waals surface area contributed by atoms with Crippen molar-refractivity contribution < 1.29 is 19.4 Å². The van der Waals surface area contributed by atoms with Gasteiger partial charge in [0.25, 0.3) is 0 Å². The lowest BCUT2D eigenvalue weighted by atomic mass is 10.0. The van der Waals surface area contributed by atoms with Crippen molar-refractivity contribution in [3.05, 3.63) is 72.3 Å². The van der Waals surface area contributed by atoms with Gasteiger partial charge in [-0.05, 0) is 40.6 Å². The summed E-state index contributed by atoms with van der Waals surface area (Å²) in [4.78, 5) is 24.0. The summed E-state index contributed by atoms with van der Waals surface area (Å²) in [5, 5.41) is 17.3. The van der Waals surface area contributed by atoms with E-state index in [9.17, 15) is 14.7 Å². The molecule has 0 saturated carbocycles. The Labute approximate surface area is 156 Å². The zero-order valence-electron chi connectivity index (χ0n) is 14.8. The monoisotopic (exact) mass is 364 g/mol. The van der Waals surface area contributed by atoms with Crippen molar-refractivity contribution >= 4 is 28.3 Å². The van der Waals surface area contributed by atoms with E-state index in [1.54, 1.807) is 37.4 Å². The summed E-state index contributed by atoms with van der Waals surface area (Å²) in [5.74, 6) is -0.967. The van der Waals surface area contributed by atoms with Crippen LogP contribution in [0.4, 0.5) is 5.69 Å². The van der Waals surface area contributed by atoms with Crippen LogP contribution in [0, 0.1) is 0 Å². The standard InChI is InChI=1S/C21H20N2O4/c1-27-16-11-9-15(10-12-16)23-21(26)20(25)22-13-19(24)18-8-4-6-14-5-2-3-7-17(14)18/h2-12,19,24H,13H2,1H3,(H,22,25)(H,23,26). The number of aliphatic hydroxyl groups excluding tert-OH is 1. The van der Waals surface area contributed by atoms with Crippen molar-refractivity contribution in [1.29, 1.82) is 0 Å². The molecule has 3 rings (SSSR count). The number of hydrogen-bond donors (Lipinski definition) is 3. The minimum Gasteiger partial charge on any atom is -0.497 e. The molecule has 2 amide bonds. The van der Waals surface area contributed by atoms with Crippen LogP contribution in [0.3, 0.4) is 0 Å². The Balaban J connectivity index is 1.59. The normalized spacial score (nSPS) is 11.6. The Morgan fingerprint density at radius 2 is 1.67 bits per heavy atom. The van der Waals surface area contributed by atoms with Crippen LogP contribution in [-0.2, 0) is 9.59 Å². The topological polar surface area (TPSA) is 87.7 Å². The fourth-order valence-electron chi connectivity index (χ4n) is 2.78. The average molecular weight is 364 g/mol. The molecule has 0 aliphatic heterocycles. The Kier molecular flexibility index (Phi) is 5.68. The lowest BCUT2D eigenvalue weighted by molar-refractivity contribution is -0.136. The first-order valence-electron chi connectivity index (χ1n) is 8.47. The van der Waals surface area contributed by atoms with Gasteiger partial charge in [0.2, 0.25) is 0 Å². The van der Waals surface area contributed by atoms with Gasteiger partial charge in [0.1, 0.15) is 5.75 Å². The third-order valence-electron chi connectivity index (χ3n) is 4.19. The van der Waals surface area contributed by atoms with Gasteiger partial charge in [0.05, 0.1) is 13.2 Å². The fourth-order valence-corrected chi connectivity index (χ4v) is 2.78. The van der Waals surface area contributed by atoms with Crippen LogP contribution in [-0.4, -0.2) is 30.6 Å². The Morgan fingerprint density at radius 1 is 0.963 bits per heavy atom. The van der Waals surface area contributed by atoms with Crippen LogP contribution >= 0.6 is 0 Å². The molecule has 3 aromatic rings. The number of anilines is 1. The summed E-state index contributed by atoms with van der Waals surface area (Å²) in [6.07, 6.45) is -0.922. The molecule has 0 radical (unpaired) electrons. The molecule has 6 nitrogen and oxygen atoms in total. The highest BCUT2D eigenvalue weighted by molar-refractivity contribution is 6.39. The van der Waals surface area contributed by atoms with Crippen LogP contribution in [0.2, 0.25) is 0 Å². The molecular weight excluding hydrogens is 344 g/mol. The number of carbonyl (C=O) groups is 2. The molecule has 0 spiro atoms. The first-order valence-corrected chi connectivity index (χ1v) is 8.47. The largest absolute Gasteiger partial charge is 0.497 e. The van der Waals surface area contributed by atoms with Crippen LogP contribution in [0.5, 0.6) is 5.75 Å². The van der Waals surface area contributed by atoms with E-state index in [0.717, 1.165) is 10.8 Å². The Bertz CT molecular complexity index is 949. The van der Waals surface area contributed by atoms with E-state index < -0.39 is 17.9 Å². The van der Waals surface area contributed by atoms with E-state index in [-0.39, 0.29) is 6.54 Å². The summed E-state index contributed by atoms with van der Waals surface area (Å²) in [6, 6.07) is 19.9. The molecule has 0 aromatic heterocycles. The fraction of sp³-hybridized carbons (Fsp3) is 0.143. The van der Waals surface area contributed by atoms with Gasteiger partial charge < -0.3 is 20.5 Å². The van der Waals surface area contributed by atoms with E-state index >= 15 is 0 Å². The Hall–Kier alpha value is -3.38. The Morgan fingerprint density at radius 3 is 2.41 bits per heavy atom. The molecule has 3 N–H and O–H groups in total. The average Bonchev–Trinajstić information content (AvgIpc) is 2.71. The summed E-state index contributed by atoms with van der Waals surface area (Å²) >= 11 is 0. The quantitative estimate of drug-likeness (QED) is 0.608. The van der Waals surface area contributed by atoms with Crippen molar-refractivity contribution in [2.75, 3.05) is 19.0 Å². The van der Waals surface area contributed by atoms with Crippen molar-refractivity contribution in [2.24, 2.45) is 0 Å². The van der Waals surface area contributed by atoms with Crippen molar-refractivity contribution in [3.8, 4) is 5.75 Å². The van der Waals surface area contributed by atoms with E-state index in [4.69, 9.17) is 4.74 Å². The predicted octanol–water partition coefficient (Wildman–Crippen LogP) is 2.64. The van der Waals surface area contributed by atoms with E-state index in [2.05, 4.69) is 10.6 Å². The number of fused-ring (bicyclic) bond motifs is 1. The number of aliphatic hydroxyl groups is 1. The van der Waals surface area contributed by atoms with Crippen LogP contribution < -0.4 is 15.4 Å². The molecule has 0 saturated heterocycles. The van der Waals surface area contributed by atoms with Gasteiger partial charge in [0, 0.05) is 12.2 Å². The number of methoxy groups -OCH3 is 1. The molecule has 1 atom stereocenters. The molecule has 6 heteroatoms. The predicted molar refractivity (Wildman–Crippen MR) is 104 cm³/mol. The van der Waals surface area contributed by atoms with E-state index in [1.807, 2.05) is 36.4 Å². The minimum atomic E-state index is -0.922. The summed E-state index contributed by atoms with van der Waals surface area (Å²) in [7, 11) is 1.54. The highest BCUT2D eigenvalue weighted by Gasteiger charge is 2.17. The second-order valence-electron chi connectivity index (χ2n) is 5.98. The first kappa shape index (κ1) is 18.4. The van der Waals surface area contributed by atoms with Gasteiger partial charge in [-0.25, -0.2) is 0 Å². The highest BCUT2D eigenvalue weighted by atomic mass is 16.5. The van der Waals surface area contributed by atoms with Gasteiger partial charge in [-0.3, -0.25) is 9.59 Å². The molecule has 27 heavy (non-hydrogen) atoms. The lowest BCUT2D eigenvalue weighted by Crippen LogP contribution is -2.37. The maximum absolute atomic E-state index is 12.0. The molecular formula is C21H20N2O4.